The average molecular weight is 223 g/mol. The number of nitrogens with zero attached hydrogens (tertiary/aromatic N) is 1. The fraction of sp³-hybridized carbons (Fsp3) is 0. The van der Waals surface area contributed by atoms with Gasteiger partial charge in [-0.2, -0.15) is 5.26 Å². The van der Waals surface area contributed by atoms with Gasteiger partial charge >= 0.3 is 5.97 Å². The van der Waals surface area contributed by atoms with Crippen molar-refractivity contribution in [3.8, 4) is 17.2 Å². The summed E-state index contributed by atoms with van der Waals surface area (Å²) in [4.78, 5) is 10.9. The Hall–Kier alpha value is -2.60. The van der Waals surface area contributed by atoms with Crippen molar-refractivity contribution >= 4 is 5.97 Å². The fourth-order valence-corrected chi connectivity index (χ4v) is 1.63. The quantitative estimate of drug-likeness (QED) is 0.851. The molecular weight excluding hydrogens is 214 g/mol. The van der Waals surface area contributed by atoms with Crippen LogP contribution in [-0.4, -0.2) is 11.1 Å². The minimum Gasteiger partial charge on any atom is -0.478 e. The molecule has 0 saturated carbocycles. The Morgan fingerprint density at radius 1 is 1.06 bits per heavy atom. The summed E-state index contributed by atoms with van der Waals surface area (Å²) in [5, 5.41) is 17.8. The maximum Gasteiger partial charge on any atom is 0.337 e. The lowest BCUT2D eigenvalue weighted by molar-refractivity contribution is 0.0696. The van der Waals surface area contributed by atoms with Gasteiger partial charge in [-0.15, -0.1) is 0 Å². The Bertz CT molecular complexity index is 597. The first-order chi connectivity index (χ1) is 8.22. The molecule has 0 spiro atoms. The highest BCUT2D eigenvalue weighted by Crippen LogP contribution is 2.22. The van der Waals surface area contributed by atoms with Crippen molar-refractivity contribution in [3.05, 3.63) is 59.7 Å². The number of aromatic carboxylic acids is 1. The minimum absolute atomic E-state index is 0.0344. The first kappa shape index (κ1) is 10.9. The van der Waals surface area contributed by atoms with Crippen molar-refractivity contribution in [2.75, 3.05) is 0 Å². The average Bonchev–Trinajstić information content (AvgIpc) is 2.39. The van der Waals surface area contributed by atoms with E-state index in [1.54, 1.807) is 12.1 Å². The van der Waals surface area contributed by atoms with E-state index in [-0.39, 0.29) is 11.1 Å². The molecule has 0 heterocycles. The van der Waals surface area contributed by atoms with Crippen molar-refractivity contribution < 1.29 is 9.90 Å². The molecule has 82 valence electrons. The molecule has 2 rings (SSSR count). The van der Waals surface area contributed by atoms with Crippen molar-refractivity contribution in [1.29, 1.82) is 5.26 Å². The van der Waals surface area contributed by atoms with Gasteiger partial charge in [-0.05, 0) is 23.3 Å². The van der Waals surface area contributed by atoms with E-state index in [0.717, 1.165) is 11.1 Å². The third-order valence-electron chi connectivity index (χ3n) is 2.48. The van der Waals surface area contributed by atoms with E-state index in [2.05, 4.69) is 0 Å². The van der Waals surface area contributed by atoms with Gasteiger partial charge in [0.1, 0.15) is 6.07 Å². The summed E-state index contributed by atoms with van der Waals surface area (Å²) in [6.45, 7) is 0. The van der Waals surface area contributed by atoms with Crippen LogP contribution >= 0.6 is 0 Å². The third-order valence-corrected chi connectivity index (χ3v) is 2.48. The number of hydrogen-bond acceptors (Lipinski definition) is 2. The lowest BCUT2D eigenvalue weighted by Crippen LogP contribution is -1.99. The largest absolute Gasteiger partial charge is 0.478 e. The molecule has 3 heteroatoms. The van der Waals surface area contributed by atoms with Crippen LogP contribution in [0.2, 0.25) is 0 Å². The fourth-order valence-electron chi connectivity index (χ4n) is 1.63. The van der Waals surface area contributed by atoms with Crippen LogP contribution in [0.4, 0.5) is 0 Å². The van der Waals surface area contributed by atoms with E-state index in [0.29, 0.717) is 0 Å². The van der Waals surface area contributed by atoms with E-state index >= 15 is 0 Å². The van der Waals surface area contributed by atoms with Crippen LogP contribution in [0, 0.1) is 11.3 Å². The second-order valence-corrected chi connectivity index (χ2v) is 3.54. The number of benzene rings is 2. The summed E-state index contributed by atoms with van der Waals surface area (Å²) in [5.74, 6) is -1.08. The van der Waals surface area contributed by atoms with Gasteiger partial charge in [-0.1, -0.05) is 36.4 Å². The van der Waals surface area contributed by atoms with Crippen LogP contribution in [0.3, 0.4) is 0 Å². The number of rotatable bonds is 2. The highest BCUT2D eigenvalue weighted by Gasteiger charge is 2.10. The maximum absolute atomic E-state index is 10.9. The van der Waals surface area contributed by atoms with Crippen LogP contribution < -0.4 is 0 Å². The van der Waals surface area contributed by atoms with Crippen LogP contribution in [0.1, 0.15) is 15.9 Å². The molecule has 3 nitrogen and oxygen atoms in total. The van der Waals surface area contributed by atoms with Gasteiger partial charge in [0, 0.05) is 0 Å². The van der Waals surface area contributed by atoms with Gasteiger partial charge in [0.05, 0.1) is 11.1 Å². The van der Waals surface area contributed by atoms with E-state index in [9.17, 15) is 4.79 Å². The van der Waals surface area contributed by atoms with Gasteiger partial charge in [-0.3, -0.25) is 0 Å². The van der Waals surface area contributed by atoms with Crippen molar-refractivity contribution in [2.45, 2.75) is 0 Å². The molecule has 0 aliphatic carbocycles. The monoisotopic (exact) mass is 223 g/mol. The molecule has 0 bridgehead atoms. The number of nitriles is 1. The lowest BCUT2D eigenvalue weighted by Gasteiger charge is -2.04. The molecule has 17 heavy (non-hydrogen) atoms. The van der Waals surface area contributed by atoms with E-state index in [1.807, 2.05) is 36.4 Å². The van der Waals surface area contributed by atoms with Crippen LogP contribution in [0.15, 0.2) is 48.5 Å². The molecule has 0 amide bonds. The second-order valence-electron chi connectivity index (χ2n) is 3.54. The molecule has 0 atom stereocenters. The minimum atomic E-state index is -1.08. The van der Waals surface area contributed by atoms with Gasteiger partial charge in [-0.25, -0.2) is 4.79 Å². The summed E-state index contributed by atoms with van der Waals surface area (Å²) in [6, 6.07) is 16.2. The molecular formula is C14H9NO2. The molecule has 0 saturated heterocycles. The summed E-state index contributed by atoms with van der Waals surface area (Å²) in [6.07, 6.45) is 0. The summed E-state index contributed by atoms with van der Waals surface area (Å²) in [7, 11) is 0. The predicted molar refractivity (Wildman–Crippen MR) is 63.6 cm³/mol. The first-order valence-corrected chi connectivity index (χ1v) is 5.05. The molecule has 0 unspecified atom stereocenters. The Morgan fingerprint density at radius 2 is 1.76 bits per heavy atom. The number of carboxylic acids is 1. The summed E-state index contributed by atoms with van der Waals surface area (Å²) < 4.78 is 0. The number of carbonyl (C=O) groups is 1. The Kier molecular flexibility index (Phi) is 2.89. The molecule has 0 aromatic heterocycles. The highest BCUT2D eigenvalue weighted by atomic mass is 16.4. The SMILES string of the molecule is N#Cc1cc(-c2ccccc2)ccc1C(=O)O. The van der Waals surface area contributed by atoms with Gasteiger partial charge in [0.15, 0.2) is 0 Å². The van der Waals surface area contributed by atoms with E-state index in [1.165, 1.54) is 6.07 Å². The Morgan fingerprint density at radius 3 is 2.35 bits per heavy atom. The smallest absolute Gasteiger partial charge is 0.337 e. The molecule has 1 N–H and O–H groups in total. The topological polar surface area (TPSA) is 61.1 Å². The van der Waals surface area contributed by atoms with E-state index < -0.39 is 5.97 Å². The number of hydrogen-bond donors (Lipinski definition) is 1. The second kappa shape index (κ2) is 4.50. The van der Waals surface area contributed by atoms with Crippen LogP contribution in [0.5, 0.6) is 0 Å². The van der Waals surface area contributed by atoms with Crippen molar-refractivity contribution in [3.63, 3.8) is 0 Å². The maximum atomic E-state index is 10.9. The van der Waals surface area contributed by atoms with Gasteiger partial charge < -0.3 is 5.11 Å². The Balaban J connectivity index is 2.54. The van der Waals surface area contributed by atoms with Gasteiger partial charge in [0.25, 0.3) is 0 Å². The zero-order chi connectivity index (χ0) is 12.3. The standard InChI is InChI=1S/C14H9NO2/c15-9-12-8-11(6-7-13(12)14(16)17)10-4-2-1-3-5-10/h1-8H,(H,16,17). The molecule has 2 aromatic carbocycles. The normalized spacial score (nSPS) is 9.59. The molecule has 0 fully saturated rings. The zero-order valence-electron chi connectivity index (χ0n) is 8.92. The third kappa shape index (κ3) is 2.16. The molecule has 2 aromatic rings. The van der Waals surface area contributed by atoms with Crippen LogP contribution in [0.25, 0.3) is 11.1 Å². The van der Waals surface area contributed by atoms with Crippen molar-refractivity contribution in [2.24, 2.45) is 0 Å². The van der Waals surface area contributed by atoms with E-state index in [4.69, 9.17) is 10.4 Å². The predicted octanol–water partition coefficient (Wildman–Crippen LogP) is 2.92. The molecule has 0 radical (unpaired) electrons. The zero-order valence-corrected chi connectivity index (χ0v) is 8.92. The first-order valence-electron chi connectivity index (χ1n) is 5.05. The molecule has 0 aliphatic heterocycles. The van der Waals surface area contributed by atoms with Crippen LogP contribution in [-0.2, 0) is 0 Å². The highest BCUT2D eigenvalue weighted by molar-refractivity contribution is 5.91. The summed E-state index contributed by atoms with van der Waals surface area (Å²) >= 11 is 0. The van der Waals surface area contributed by atoms with Crippen molar-refractivity contribution in [1.82, 2.24) is 0 Å². The van der Waals surface area contributed by atoms with Gasteiger partial charge in [0.2, 0.25) is 0 Å². The lowest BCUT2D eigenvalue weighted by atomic mass is 10.00. The Labute approximate surface area is 98.6 Å². The molecule has 0 aliphatic rings. The summed E-state index contributed by atoms with van der Waals surface area (Å²) in [5.41, 5.74) is 2.01. The number of carboxylic acid groups (broad SMARTS) is 1.